The Morgan fingerprint density at radius 1 is 1.38 bits per heavy atom. The van der Waals surface area contributed by atoms with Crippen LogP contribution in [0.15, 0.2) is 5.38 Å². The third-order valence-corrected chi connectivity index (χ3v) is 4.39. The van der Waals surface area contributed by atoms with Crippen molar-refractivity contribution in [3.63, 3.8) is 0 Å². The fraction of sp³-hybridized carbons (Fsp3) is 0.688. The molecule has 0 unspecified atom stereocenters. The van der Waals surface area contributed by atoms with Crippen LogP contribution in [0, 0.1) is 5.92 Å². The molecule has 0 spiro atoms. The Bertz CT molecular complexity index is 579. The number of carbonyl (C=O) groups is 2. The zero-order valence-corrected chi connectivity index (χ0v) is 15.8. The van der Waals surface area contributed by atoms with Crippen LogP contribution in [0.4, 0.5) is 4.79 Å². The number of nitrogens with zero attached hydrogens (tertiary/aromatic N) is 2. The minimum Gasteiger partial charge on any atom is -0.476 e. The number of carboxylic acid groups (broad SMARTS) is 1. The number of hydrogen-bond acceptors (Lipinski definition) is 6. The Hall–Kier alpha value is -1.67. The zero-order valence-electron chi connectivity index (χ0n) is 14.9. The molecule has 0 bridgehead atoms. The highest BCUT2D eigenvalue weighted by Gasteiger charge is 2.30. The minimum absolute atomic E-state index is 0.0797. The van der Waals surface area contributed by atoms with Crippen molar-refractivity contribution >= 4 is 23.4 Å². The van der Waals surface area contributed by atoms with Crippen LogP contribution in [-0.4, -0.2) is 50.9 Å². The molecular formula is C16H26N2O5S. The van der Waals surface area contributed by atoms with E-state index in [0.29, 0.717) is 5.01 Å². The number of aromatic nitrogens is 1. The maximum atomic E-state index is 12.2. The third kappa shape index (κ3) is 5.76. The second kappa shape index (κ2) is 7.94. The molecular weight excluding hydrogens is 332 g/mol. The molecule has 1 heterocycles. The van der Waals surface area contributed by atoms with E-state index in [1.165, 1.54) is 10.3 Å². The maximum Gasteiger partial charge on any atom is 0.410 e. The molecule has 0 aliphatic heterocycles. The van der Waals surface area contributed by atoms with Crippen molar-refractivity contribution in [2.45, 2.75) is 58.8 Å². The Morgan fingerprint density at radius 3 is 2.38 bits per heavy atom. The zero-order chi connectivity index (χ0) is 18.7. The number of rotatable bonds is 6. The van der Waals surface area contributed by atoms with E-state index >= 15 is 0 Å². The molecule has 0 aliphatic carbocycles. The number of ether oxygens (including phenoxy) is 1. The molecule has 1 aromatic heterocycles. The van der Waals surface area contributed by atoms with E-state index in [1.54, 1.807) is 27.8 Å². The number of carboxylic acids is 1. The van der Waals surface area contributed by atoms with E-state index in [-0.39, 0.29) is 24.1 Å². The van der Waals surface area contributed by atoms with Gasteiger partial charge in [0.1, 0.15) is 16.7 Å². The number of aliphatic hydroxyl groups excluding tert-OH is 1. The van der Waals surface area contributed by atoms with Crippen LogP contribution in [0.25, 0.3) is 0 Å². The standard InChI is InChI=1S/C16H26N2O5S/c1-9(2)11(18(6)15(22)23-16(3,4)5)7-12(19)13-17-10(8-24-13)14(20)21/h8-9,11-12,19H,7H2,1-6H3,(H,20,21)/t11-,12+/m1/s1. The molecule has 0 radical (unpaired) electrons. The lowest BCUT2D eigenvalue weighted by molar-refractivity contribution is 0.0106. The lowest BCUT2D eigenvalue weighted by Gasteiger charge is -2.34. The van der Waals surface area contributed by atoms with Crippen LogP contribution in [0.5, 0.6) is 0 Å². The van der Waals surface area contributed by atoms with Gasteiger partial charge in [-0.05, 0) is 26.7 Å². The van der Waals surface area contributed by atoms with Crippen molar-refractivity contribution in [1.29, 1.82) is 0 Å². The van der Waals surface area contributed by atoms with Crippen molar-refractivity contribution in [2.75, 3.05) is 7.05 Å². The van der Waals surface area contributed by atoms with Crippen LogP contribution >= 0.6 is 11.3 Å². The summed E-state index contributed by atoms with van der Waals surface area (Å²) in [6.45, 7) is 9.27. The monoisotopic (exact) mass is 358 g/mol. The molecule has 1 rings (SSSR count). The lowest BCUT2D eigenvalue weighted by atomic mass is 9.97. The number of aliphatic hydroxyl groups is 1. The first-order chi connectivity index (χ1) is 10.9. The van der Waals surface area contributed by atoms with Gasteiger partial charge >= 0.3 is 12.1 Å². The summed E-state index contributed by atoms with van der Waals surface area (Å²) in [4.78, 5) is 28.5. The predicted molar refractivity (Wildman–Crippen MR) is 91.3 cm³/mol. The molecule has 0 saturated heterocycles. The van der Waals surface area contributed by atoms with Gasteiger partial charge in [0.25, 0.3) is 0 Å². The molecule has 1 amide bonds. The summed E-state index contributed by atoms with van der Waals surface area (Å²) >= 11 is 1.09. The van der Waals surface area contributed by atoms with Crippen molar-refractivity contribution in [1.82, 2.24) is 9.88 Å². The van der Waals surface area contributed by atoms with Gasteiger partial charge in [-0.3, -0.25) is 0 Å². The van der Waals surface area contributed by atoms with Gasteiger partial charge in [0, 0.05) is 24.9 Å². The average molecular weight is 358 g/mol. The van der Waals surface area contributed by atoms with Gasteiger partial charge in [-0.25, -0.2) is 14.6 Å². The van der Waals surface area contributed by atoms with Crippen molar-refractivity contribution < 1.29 is 24.5 Å². The largest absolute Gasteiger partial charge is 0.476 e. The molecule has 2 N–H and O–H groups in total. The van der Waals surface area contributed by atoms with Gasteiger partial charge in [0.05, 0.1) is 0 Å². The van der Waals surface area contributed by atoms with Gasteiger partial charge < -0.3 is 19.8 Å². The highest BCUT2D eigenvalue weighted by atomic mass is 32.1. The Morgan fingerprint density at radius 2 is 1.96 bits per heavy atom. The molecule has 0 aromatic carbocycles. The number of amides is 1. The van der Waals surface area contributed by atoms with E-state index in [0.717, 1.165) is 11.3 Å². The predicted octanol–water partition coefficient (Wildman–Crippen LogP) is 3.16. The van der Waals surface area contributed by atoms with Gasteiger partial charge in [-0.15, -0.1) is 11.3 Å². The number of carbonyl (C=O) groups excluding carboxylic acids is 1. The van der Waals surface area contributed by atoms with Crippen LogP contribution in [0.2, 0.25) is 0 Å². The van der Waals surface area contributed by atoms with Gasteiger partial charge in [-0.1, -0.05) is 13.8 Å². The summed E-state index contributed by atoms with van der Waals surface area (Å²) in [7, 11) is 1.63. The molecule has 0 saturated carbocycles. The molecule has 24 heavy (non-hydrogen) atoms. The molecule has 2 atom stereocenters. The van der Waals surface area contributed by atoms with E-state index in [9.17, 15) is 14.7 Å². The maximum absolute atomic E-state index is 12.2. The van der Waals surface area contributed by atoms with E-state index < -0.39 is 23.8 Å². The Balaban J connectivity index is 2.84. The number of aromatic carboxylic acids is 1. The molecule has 0 aliphatic rings. The first-order valence-corrected chi connectivity index (χ1v) is 8.63. The van der Waals surface area contributed by atoms with E-state index in [2.05, 4.69) is 4.98 Å². The summed E-state index contributed by atoms with van der Waals surface area (Å²) < 4.78 is 5.37. The van der Waals surface area contributed by atoms with Crippen LogP contribution < -0.4 is 0 Å². The first-order valence-electron chi connectivity index (χ1n) is 7.75. The number of hydrogen-bond donors (Lipinski definition) is 2. The van der Waals surface area contributed by atoms with Crippen molar-refractivity contribution in [2.24, 2.45) is 5.92 Å². The smallest absolute Gasteiger partial charge is 0.410 e. The summed E-state index contributed by atoms with van der Waals surface area (Å²) in [6.07, 6.45) is -1.15. The molecule has 1 aromatic rings. The fourth-order valence-electron chi connectivity index (χ4n) is 2.22. The number of thiazole rings is 1. The molecule has 8 heteroatoms. The summed E-state index contributed by atoms with van der Waals surface area (Å²) in [6, 6.07) is -0.271. The van der Waals surface area contributed by atoms with Crippen LogP contribution in [-0.2, 0) is 4.74 Å². The highest BCUT2D eigenvalue weighted by molar-refractivity contribution is 7.09. The molecule has 7 nitrogen and oxygen atoms in total. The second-order valence-electron chi connectivity index (χ2n) is 7.03. The topological polar surface area (TPSA) is 100.0 Å². The van der Waals surface area contributed by atoms with Crippen molar-refractivity contribution in [3.8, 4) is 0 Å². The Kier molecular flexibility index (Phi) is 6.74. The average Bonchev–Trinajstić information content (AvgIpc) is 2.91. The van der Waals surface area contributed by atoms with Gasteiger partial charge in [0.15, 0.2) is 5.69 Å². The van der Waals surface area contributed by atoms with Crippen molar-refractivity contribution in [3.05, 3.63) is 16.1 Å². The molecule has 136 valence electrons. The van der Waals surface area contributed by atoms with E-state index in [4.69, 9.17) is 9.84 Å². The second-order valence-corrected chi connectivity index (χ2v) is 7.92. The fourth-order valence-corrected chi connectivity index (χ4v) is 3.01. The van der Waals surface area contributed by atoms with E-state index in [1.807, 2.05) is 13.8 Å². The minimum atomic E-state index is -1.13. The third-order valence-electron chi connectivity index (χ3n) is 3.44. The lowest BCUT2D eigenvalue weighted by Crippen LogP contribution is -2.44. The Labute approximate surface area is 146 Å². The van der Waals surface area contributed by atoms with Crippen LogP contribution in [0.1, 0.15) is 62.6 Å². The molecule has 0 fully saturated rings. The SMILES string of the molecule is CC(C)[C@@H](C[C@H](O)c1nc(C(=O)O)cs1)N(C)C(=O)OC(C)(C)C. The van der Waals surface area contributed by atoms with Gasteiger partial charge in [-0.2, -0.15) is 0 Å². The van der Waals surface area contributed by atoms with Crippen LogP contribution in [0.3, 0.4) is 0 Å². The summed E-state index contributed by atoms with van der Waals surface area (Å²) in [5, 5.41) is 21.0. The highest BCUT2D eigenvalue weighted by Crippen LogP contribution is 2.27. The quantitative estimate of drug-likeness (QED) is 0.810. The normalized spacial score (nSPS) is 14.3. The summed E-state index contributed by atoms with van der Waals surface area (Å²) in [5.41, 5.74) is -0.687. The summed E-state index contributed by atoms with van der Waals surface area (Å²) in [5.74, 6) is -1.05. The van der Waals surface area contributed by atoms with Gasteiger partial charge in [0.2, 0.25) is 0 Å². The first kappa shape index (κ1) is 20.4.